The molecule has 2 unspecified atom stereocenters. The van der Waals surface area contributed by atoms with Crippen molar-refractivity contribution in [3.05, 3.63) is 0 Å². The van der Waals surface area contributed by atoms with Gasteiger partial charge < -0.3 is 21.1 Å². The second-order valence-electron chi connectivity index (χ2n) is 3.16. The van der Waals surface area contributed by atoms with Gasteiger partial charge in [-0.25, -0.2) is 4.79 Å². The molecule has 0 saturated carbocycles. The molecule has 0 aromatic rings. The highest BCUT2D eigenvalue weighted by molar-refractivity contribution is 5.84. The van der Waals surface area contributed by atoms with Crippen molar-refractivity contribution in [1.82, 2.24) is 4.90 Å². The smallest absolute Gasteiger partial charge is 0.410 e. The van der Waals surface area contributed by atoms with Crippen LogP contribution in [0.5, 0.6) is 0 Å². The minimum absolute atomic E-state index is 0.140. The van der Waals surface area contributed by atoms with Crippen molar-refractivity contribution in [1.29, 1.82) is 0 Å². The molecule has 6 nitrogen and oxygen atoms in total. The Morgan fingerprint density at radius 3 is 2.85 bits per heavy atom. The van der Waals surface area contributed by atoms with Crippen LogP contribution in [0.15, 0.2) is 0 Å². The summed E-state index contributed by atoms with van der Waals surface area (Å²) in [5.74, 6) is -0.625. The Morgan fingerprint density at radius 1 is 1.85 bits per heavy atom. The Kier molecular flexibility index (Phi) is 2.72. The molecule has 0 spiro atoms. The van der Waals surface area contributed by atoms with Crippen LogP contribution in [0.25, 0.3) is 0 Å². The molecular formula is C7H13N3O3. The van der Waals surface area contributed by atoms with Gasteiger partial charge in [-0.1, -0.05) is 0 Å². The lowest BCUT2D eigenvalue weighted by molar-refractivity contribution is -0.124. The molecule has 2 amide bonds. The van der Waals surface area contributed by atoms with Gasteiger partial charge in [0.2, 0.25) is 0 Å². The second-order valence-corrected chi connectivity index (χ2v) is 3.16. The van der Waals surface area contributed by atoms with Gasteiger partial charge in [-0.05, 0) is 6.92 Å². The quantitative estimate of drug-likeness (QED) is 0.570. The third kappa shape index (κ3) is 2.32. The van der Waals surface area contributed by atoms with Gasteiger partial charge >= 0.3 is 6.09 Å². The van der Waals surface area contributed by atoms with E-state index in [1.165, 1.54) is 4.90 Å². The molecule has 0 bridgehead atoms. The summed E-state index contributed by atoms with van der Waals surface area (Å²) >= 11 is 0. The van der Waals surface area contributed by atoms with Crippen LogP contribution in [0.2, 0.25) is 0 Å². The summed E-state index contributed by atoms with van der Waals surface area (Å²) < 4.78 is 4.69. The normalized spacial score (nSPS) is 24.3. The van der Waals surface area contributed by atoms with Gasteiger partial charge in [-0.15, -0.1) is 0 Å². The zero-order valence-corrected chi connectivity index (χ0v) is 7.40. The van der Waals surface area contributed by atoms with E-state index in [9.17, 15) is 9.59 Å². The number of hydrogen-bond acceptors (Lipinski definition) is 4. The third-order valence-corrected chi connectivity index (χ3v) is 1.71. The summed E-state index contributed by atoms with van der Waals surface area (Å²) in [6.07, 6.45) is -1.35. The Labute approximate surface area is 75.8 Å². The van der Waals surface area contributed by atoms with Crippen molar-refractivity contribution in [3.8, 4) is 0 Å². The molecule has 4 N–H and O–H groups in total. The molecule has 13 heavy (non-hydrogen) atoms. The summed E-state index contributed by atoms with van der Waals surface area (Å²) in [6.45, 7) is 2.35. The number of rotatable bonds is 3. The van der Waals surface area contributed by atoms with Crippen LogP contribution in [-0.2, 0) is 9.53 Å². The number of cyclic esters (lactones) is 1. The van der Waals surface area contributed by atoms with Crippen LogP contribution in [0.1, 0.15) is 6.92 Å². The highest BCUT2D eigenvalue weighted by atomic mass is 16.6. The molecule has 1 aliphatic rings. The largest absolute Gasteiger partial charge is 0.434 e. The first kappa shape index (κ1) is 9.79. The molecule has 1 rings (SSSR count). The molecule has 1 aliphatic heterocycles. The van der Waals surface area contributed by atoms with E-state index in [1.807, 2.05) is 0 Å². The van der Waals surface area contributed by atoms with Gasteiger partial charge in [-0.2, -0.15) is 0 Å². The number of carbonyl (C=O) groups is 2. The van der Waals surface area contributed by atoms with Crippen molar-refractivity contribution in [2.24, 2.45) is 11.5 Å². The van der Waals surface area contributed by atoms with E-state index in [-0.39, 0.29) is 12.6 Å². The predicted octanol–water partition coefficient (Wildman–Crippen LogP) is -1.36. The molecule has 1 saturated heterocycles. The fourth-order valence-corrected chi connectivity index (χ4v) is 1.15. The molecule has 1 fully saturated rings. The maximum absolute atomic E-state index is 11.1. The molecule has 0 aliphatic carbocycles. The van der Waals surface area contributed by atoms with E-state index in [4.69, 9.17) is 16.2 Å². The van der Waals surface area contributed by atoms with Gasteiger partial charge in [0, 0.05) is 12.6 Å². The Bertz CT molecular complexity index is 229. The van der Waals surface area contributed by atoms with Crippen molar-refractivity contribution < 1.29 is 14.3 Å². The summed E-state index contributed by atoms with van der Waals surface area (Å²) in [6, 6.07) is -0.140. The second kappa shape index (κ2) is 3.61. The highest BCUT2D eigenvalue weighted by Gasteiger charge is 2.34. The zero-order valence-electron chi connectivity index (χ0n) is 7.40. The van der Waals surface area contributed by atoms with E-state index in [0.29, 0.717) is 6.54 Å². The van der Waals surface area contributed by atoms with E-state index in [1.54, 1.807) is 6.92 Å². The molecule has 74 valence electrons. The zero-order chi connectivity index (χ0) is 10.0. The first-order valence-corrected chi connectivity index (χ1v) is 4.01. The minimum Gasteiger partial charge on any atom is -0.434 e. The maximum atomic E-state index is 11.1. The predicted molar refractivity (Wildman–Crippen MR) is 44.7 cm³/mol. The van der Waals surface area contributed by atoms with E-state index in [0.717, 1.165) is 0 Å². The first-order valence-electron chi connectivity index (χ1n) is 4.01. The van der Waals surface area contributed by atoms with Crippen molar-refractivity contribution in [2.75, 3.05) is 13.1 Å². The fourth-order valence-electron chi connectivity index (χ4n) is 1.15. The fraction of sp³-hybridized carbons (Fsp3) is 0.714. The summed E-state index contributed by atoms with van der Waals surface area (Å²) in [4.78, 5) is 23.1. The molecule has 2 atom stereocenters. The van der Waals surface area contributed by atoms with Crippen LogP contribution >= 0.6 is 0 Å². The van der Waals surface area contributed by atoms with E-state index in [2.05, 4.69) is 0 Å². The van der Waals surface area contributed by atoms with Gasteiger partial charge in [0.1, 0.15) is 0 Å². The maximum Gasteiger partial charge on any atom is 0.410 e. The van der Waals surface area contributed by atoms with Gasteiger partial charge in [-0.3, -0.25) is 4.79 Å². The number of primary amides is 1. The van der Waals surface area contributed by atoms with Crippen LogP contribution in [0.4, 0.5) is 4.79 Å². The minimum atomic E-state index is -0.828. The van der Waals surface area contributed by atoms with Crippen LogP contribution < -0.4 is 11.5 Å². The van der Waals surface area contributed by atoms with Crippen molar-refractivity contribution in [3.63, 3.8) is 0 Å². The third-order valence-electron chi connectivity index (χ3n) is 1.71. The van der Waals surface area contributed by atoms with Gasteiger partial charge in [0.05, 0.1) is 6.54 Å². The Morgan fingerprint density at radius 2 is 2.46 bits per heavy atom. The summed E-state index contributed by atoms with van der Waals surface area (Å²) in [5, 5.41) is 0. The monoisotopic (exact) mass is 187 g/mol. The van der Waals surface area contributed by atoms with Gasteiger partial charge in [0.25, 0.3) is 5.91 Å². The molecule has 0 radical (unpaired) electrons. The number of hydrogen-bond donors (Lipinski definition) is 2. The summed E-state index contributed by atoms with van der Waals surface area (Å²) in [7, 11) is 0. The first-order chi connectivity index (χ1) is 6.00. The Hall–Kier alpha value is -1.30. The van der Waals surface area contributed by atoms with Crippen LogP contribution in [0, 0.1) is 0 Å². The average molecular weight is 187 g/mol. The lowest BCUT2D eigenvalue weighted by atomic mass is 10.3. The molecular weight excluding hydrogens is 174 g/mol. The summed E-state index contributed by atoms with van der Waals surface area (Å²) in [5.41, 5.74) is 10.5. The number of nitrogens with two attached hydrogens (primary N) is 2. The van der Waals surface area contributed by atoms with E-state index >= 15 is 0 Å². The van der Waals surface area contributed by atoms with Crippen LogP contribution in [0.3, 0.4) is 0 Å². The average Bonchev–Trinajstić information content (AvgIpc) is 2.31. The number of carbonyl (C=O) groups excluding carboxylic acids is 2. The van der Waals surface area contributed by atoms with Crippen molar-refractivity contribution in [2.45, 2.75) is 19.1 Å². The molecule has 1 heterocycles. The SMILES string of the molecule is CC(N)CN1CC(C(N)=O)OC1=O. The standard InChI is InChI=1S/C7H13N3O3/c1-4(8)2-10-3-5(6(9)11)13-7(10)12/h4-5H,2-3,8H2,1H3,(H2,9,11). The molecule has 6 heteroatoms. The number of ether oxygens (including phenoxy) is 1. The lowest BCUT2D eigenvalue weighted by Crippen LogP contribution is -2.38. The topological polar surface area (TPSA) is 98.7 Å². The number of nitrogens with zero attached hydrogens (tertiary/aromatic N) is 1. The number of amides is 2. The van der Waals surface area contributed by atoms with E-state index < -0.39 is 18.1 Å². The Balaban J connectivity index is 2.51. The van der Waals surface area contributed by atoms with Crippen LogP contribution in [-0.4, -0.2) is 42.1 Å². The lowest BCUT2D eigenvalue weighted by Gasteiger charge is -2.14. The van der Waals surface area contributed by atoms with Gasteiger partial charge in [0.15, 0.2) is 6.10 Å². The highest BCUT2D eigenvalue weighted by Crippen LogP contribution is 2.10. The molecule has 0 aromatic carbocycles. The molecule has 0 aromatic heterocycles. The van der Waals surface area contributed by atoms with Crippen molar-refractivity contribution >= 4 is 12.0 Å².